The normalized spacial score (nSPS) is 11.4. The molecule has 2 heterocycles. The maximum absolute atomic E-state index is 14.8. The molecule has 0 aliphatic heterocycles. The molecule has 36 heavy (non-hydrogen) atoms. The summed E-state index contributed by atoms with van der Waals surface area (Å²) in [6.45, 7) is 0.00456. The first-order valence-electron chi connectivity index (χ1n) is 11.0. The zero-order chi connectivity index (χ0) is 25.1. The van der Waals surface area contributed by atoms with Crippen molar-refractivity contribution < 1.29 is 4.39 Å². The van der Waals surface area contributed by atoms with Crippen molar-refractivity contribution >= 4 is 44.4 Å². The van der Waals surface area contributed by atoms with Crippen LogP contribution in [0, 0.1) is 5.82 Å². The Kier molecular flexibility index (Phi) is 7.02. The lowest BCUT2D eigenvalue weighted by Gasteiger charge is -2.16. The van der Waals surface area contributed by atoms with Gasteiger partial charge < -0.3 is 0 Å². The van der Waals surface area contributed by atoms with Gasteiger partial charge in [0.25, 0.3) is 5.56 Å². The highest BCUT2D eigenvalue weighted by Crippen LogP contribution is 2.27. The summed E-state index contributed by atoms with van der Waals surface area (Å²) in [5, 5.41) is 9.99. The number of aromatic nitrogens is 3. The number of nitrogens with zero attached hydrogens (tertiary/aromatic N) is 5. The first kappa shape index (κ1) is 24.0. The third-order valence-electron chi connectivity index (χ3n) is 5.52. The third-order valence-corrected chi connectivity index (χ3v) is 6.77. The smallest absolute Gasteiger partial charge is 0.264 e. The van der Waals surface area contributed by atoms with E-state index in [1.807, 2.05) is 48.7 Å². The second kappa shape index (κ2) is 10.5. The molecule has 0 saturated heterocycles. The van der Waals surface area contributed by atoms with Crippen molar-refractivity contribution in [2.75, 3.05) is 6.26 Å². The van der Waals surface area contributed by atoms with Gasteiger partial charge in [-0.05, 0) is 60.9 Å². The number of hydrogen-bond donors (Lipinski definition) is 0. The molecule has 0 radical (unpaired) electrons. The van der Waals surface area contributed by atoms with Crippen LogP contribution in [-0.4, -0.2) is 20.8 Å². The molecular formula is C27H19BrFN5OS. The maximum Gasteiger partial charge on any atom is 0.264 e. The van der Waals surface area contributed by atoms with Crippen LogP contribution >= 0.6 is 27.7 Å². The second-order valence-electron chi connectivity index (χ2n) is 7.78. The van der Waals surface area contributed by atoms with E-state index in [1.54, 1.807) is 36.4 Å². The molecule has 0 aliphatic carbocycles. The van der Waals surface area contributed by atoms with Crippen LogP contribution in [0.1, 0.15) is 5.56 Å². The number of azo groups is 1. The van der Waals surface area contributed by atoms with Crippen molar-refractivity contribution in [3.8, 4) is 17.1 Å². The second-order valence-corrected chi connectivity index (χ2v) is 9.49. The minimum atomic E-state index is -0.461. The summed E-state index contributed by atoms with van der Waals surface area (Å²) in [6, 6.07) is 24.9. The quantitative estimate of drug-likeness (QED) is 0.124. The molecule has 0 spiro atoms. The highest BCUT2D eigenvalue weighted by molar-refractivity contribution is 9.10. The van der Waals surface area contributed by atoms with Gasteiger partial charge in [0.05, 0.1) is 28.9 Å². The highest BCUT2D eigenvalue weighted by Gasteiger charge is 2.20. The fourth-order valence-electron chi connectivity index (χ4n) is 3.78. The van der Waals surface area contributed by atoms with E-state index in [9.17, 15) is 9.18 Å². The lowest BCUT2D eigenvalue weighted by atomic mass is 10.1. The lowest BCUT2D eigenvalue weighted by Crippen LogP contribution is -2.26. The standard InChI is InChI=1S/C27H19BrFN5OS/c1-36-26-21(16-30-33-24-15-10-17-6-2-5-9-23(17)31-24)27(35)34(19-13-11-18(28)12-14-19)25(32-26)20-7-3-4-8-22(20)29/h2-15H,16H2,1H3. The highest BCUT2D eigenvalue weighted by atomic mass is 79.9. The van der Waals surface area contributed by atoms with E-state index in [1.165, 1.54) is 22.4 Å². The number of rotatable bonds is 6. The van der Waals surface area contributed by atoms with Gasteiger partial charge in [0.2, 0.25) is 0 Å². The molecule has 3 aromatic carbocycles. The van der Waals surface area contributed by atoms with Gasteiger partial charge in [0.15, 0.2) is 11.6 Å². The topological polar surface area (TPSA) is 72.5 Å². The lowest BCUT2D eigenvalue weighted by molar-refractivity contribution is 0.628. The fourth-order valence-corrected chi connectivity index (χ4v) is 4.62. The fraction of sp³-hybridized carbons (Fsp3) is 0.0741. The Hall–Kier alpha value is -3.69. The summed E-state index contributed by atoms with van der Waals surface area (Å²) < 4.78 is 17.1. The van der Waals surface area contributed by atoms with Gasteiger partial charge >= 0.3 is 0 Å². The minimum Gasteiger partial charge on any atom is -0.268 e. The molecule has 9 heteroatoms. The van der Waals surface area contributed by atoms with Crippen LogP contribution in [0.4, 0.5) is 10.2 Å². The van der Waals surface area contributed by atoms with Crippen LogP contribution in [0.5, 0.6) is 0 Å². The summed E-state index contributed by atoms with van der Waals surface area (Å²) in [6.07, 6.45) is 1.82. The van der Waals surface area contributed by atoms with Crippen molar-refractivity contribution in [2.45, 2.75) is 11.6 Å². The average molecular weight is 560 g/mol. The van der Waals surface area contributed by atoms with Crippen molar-refractivity contribution in [1.29, 1.82) is 0 Å². The van der Waals surface area contributed by atoms with Crippen LogP contribution in [0.3, 0.4) is 0 Å². The van der Waals surface area contributed by atoms with E-state index in [0.717, 1.165) is 15.4 Å². The number of hydrogen-bond acceptors (Lipinski definition) is 6. The Morgan fingerprint density at radius 3 is 2.47 bits per heavy atom. The van der Waals surface area contributed by atoms with Gasteiger partial charge in [-0.1, -0.05) is 46.3 Å². The number of fused-ring (bicyclic) bond motifs is 1. The van der Waals surface area contributed by atoms with Crippen LogP contribution < -0.4 is 5.56 Å². The number of thioether (sulfide) groups is 1. The minimum absolute atomic E-state index is 0.00456. The molecule has 0 aliphatic rings. The summed E-state index contributed by atoms with van der Waals surface area (Å²) >= 11 is 4.73. The molecular weight excluding hydrogens is 541 g/mol. The summed E-state index contributed by atoms with van der Waals surface area (Å²) in [4.78, 5) is 23.0. The van der Waals surface area contributed by atoms with Gasteiger partial charge in [-0.3, -0.25) is 9.36 Å². The van der Waals surface area contributed by atoms with Crippen LogP contribution in [-0.2, 0) is 6.54 Å². The largest absolute Gasteiger partial charge is 0.268 e. The zero-order valence-electron chi connectivity index (χ0n) is 19.1. The van der Waals surface area contributed by atoms with E-state index in [2.05, 4.69) is 31.1 Å². The van der Waals surface area contributed by atoms with E-state index < -0.39 is 5.82 Å². The Morgan fingerprint density at radius 2 is 1.69 bits per heavy atom. The monoisotopic (exact) mass is 559 g/mol. The maximum atomic E-state index is 14.8. The van der Waals surface area contributed by atoms with E-state index >= 15 is 0 Å². The van der Waals surface area contributed by atoms with Crippen molar-refractivity contribution in [2.24, 2.45) is 10.2 Å². The van der Waals surface area contributed by atoms with Crippen molar-refractivity contribution in [3.63, 3.8) is 0 Å². The van der Waals surface area contributed by atoms with Gasteiger partial charge in [0.1, 0.15) is 10.8 Å². The Labute approximate surface area is 219 Å². The first-order valence-corrected chi connectivity index (χ1v) is 13.0. The van der Waals surface area contributed by atoms with E-state index in [4.69, 9.17) is 4.98 Å². The van der Waals surface area contributed by atoms with Gasteiger partial charge in [-0.2, -0.15) is 5.11 Å². The molecule has 0 saturated carbocycles. The van der Waals surface area contributed by atoms with E-state index in [0.29, 0.717) is 22.1 Å². The van der Waals surface area contributed by atoms with Crippen molar-refractivity contribution in [3.05, 3.63) is 111 Å². The number of benzene rings is 3. The predicted molar refractivity (Wildman–Crippen MR) is 145 cm³/mol. The molecule has 0 fully saturated rings. The first-order chi connectivity index (χ1) is 17.5. The Bertz CT molecular complexity index is 1650. The van der Waals surface area contributed by atoms with Crippen LogP contribution in [0.2, 0.25) is 0 Å². The predicted octanol–water partition coefficient (Wildman–Crippen LogP) is 7.36. The SMILES string of the molecule is CSc1nc(-c2ccccc2F)n(-c2ccc(Br)cc2)c(=O)c1CN=Nc1ccc2ccccc2n1. The number of pyridine rings is 1. The molecule has 5 aromatic rings. The van der Waals surface area contributed by atoms with Crippen LogP contribution in [0.15, 0.2) is 109 Å². The van der Waals surface area contributed by atoms with Gasteiger partial charge in [0, 0.05) is 9.86 Å². The Morgan fingerprint density at radius 1 is 0.944 bits per heavy atom. The molecule has 0 unspecified atom stereocenters. The molecule has 5 rings (SSSR count). The van der Waals surface area contributed by atoms with Gasteiger partial charge in [-0.25, -0.2) is 14.4 Å². The van der Waals surface area contributed by atoms with Gasteiger partial charge in [-0.15, -0.1) is 16.9 Å². The molecule has 0 atom stereocenters. The summed E-state index contributed by atoms with van der Waals surface area (Å²) in [7, 11) is 0. The zero-order valence-corrected chi connectivity index (χ0v) is 21.5. The third kappa shape index (κ3) is 4.84. The number of para-hydroxylation sites is 1. The average Bonchev–Trinajstić information content (AvgIpc) is 2.90. The van der Waals surface area contributed by atoms with Crippen molar-refractivity contribution in [1.82, 2.24) is 14.5 Å². The molecule has 0 N–H and O–H groups in total. The van der Waals surface area contributed by atoms with Crippen LogP contribution in [0.25, 0.3) is 28.0 Å². The molecule has 0 amide bonds. The number of halogens is 2. The molecule has 6 nitrogen and oxygen atoms in total. The summed E-state index contributed by atoms with van der Waals surface area (Å²) in [5.41, 5.74) is 1.65. The molecule has 2 aromatic heterocycles. The molecule has 0 bridgehead atoms. The Balaban J connectivity index is 1.61. The molecule has 178 valence electrons. The summed E-state index contributed by atoms with van der Waals surface area (Å²) in [5.74, 6) is 0.211. The van der Waals surface area contributed by atoms with E-state index in [-0.39, 0.29) is 23.5 Å².